The first-order valence-electron chi connectivity index (χ1n) is 8.22. The van der Waals surface area contributed by atoms with Crippen LogP contribution in [0.25, 0.3) is 11.1 Å². The van der Waals surface area contributed by atoms with Crippen molar-refractivity contribution < 1.29 is 14.6 Å². The molecule has 0 amide bonds. The second kappa shape index (κ2) is 7.67. The summed E-state index contributed by atoms with van der Waals surface area (Å²) in [5, 5.41) is 9.43. The number of rotatable bonds is 6. The Labute approximate surface area is 147 Å². The molecule has 3 rings (SSSR count). The van der Waals surface area contributed by atoms with Gasteiger partial charge >= 0.3 is 5.97 Å². The van der Waals surface area contributed by atoms with Crippen LogP contribution in [0.1, 0.15) is 11.1 Å². The van der Waals surface area contributed by atoms with Gasteiger partial charge < -0.3 is 9.84 Å². The predicted octanol–water partition coefficient (Wildman–Crippen LogP) is 4.74. The van der Waals surface area contributed by atoms with Crippen LogP contribution in [-0.4, -0.2) is 17.2 Å². The van der Waals surface area contributed by atoms with Crippen LogP contribution >= 0.6 is 0 Å². The topological polar surface area (TPSA) is 46.5 Å². The molecule has 0 bridgehead atoms. The number of aliphatic carboxylic acids is 1. The van der Waals surface area contributed by atoms with Crippen LogP contribution in [-0.2, 0) is 11.2 Å². The van der Waals surface area contributed by atoms with Crippen molar-refractivity contribution in [1.82, 2.24) is 0 Å². The summed E-state index contributed by atoms with van der Waals surface area (Å²) in [4.78, 5) is 11.5. The van der Waals surface area contributed by atoms with E-state index in [1.54, 1.807) is 0 Å². The minimum Gasteiger partial charge on any atom is -0.478 e. The molecule has 0 heterocycles. The van der Waals surface area contributed by atoms with E-state index < -0.39 is 12.1 Å². The number of benzene rings is 3. The minimum atomic E-state index is -0.966. The Morgan fingerprint density at radius 2 is 1.44 bits per heavy atom. The van der Waals surface area contributed by atoms with E-state index in [1.165, 1.54) is 5.56 Å². The summed E-state index contributed by atoms with van der Waals surface area (Å²) in [6.45, 7) is 2.06. The summed E-state index contributed by atoms with van der Waals surface area (Å²) >= 11 is 0. The number of aryl methyl sites for hydroxylation is 1. The molecule has 0 fully saturated rings. The summed E-state index contributed by atoms with van der Waals surface area (Å²) < 4.78 is 5.69. The molecule has 0 spiro atoms. The Kier molecular flexibility index (Phi) is 5.14. The summed E-state index contributed by atoms with van der Waals surface area (Å²) in [6.07, 6.45) is -0.580. The van der Waals surface area contributed by atoms with Crippen molar-refractivity contribution in [3.05, 3.63) is 90.0 Å². The number of hydrogen-bond donors (Lipinski definition) is 1. The number of carbonyl (C=O) groups is 1. The number of carboxylic acid groups (broad SMARTS) is 1. The van der Waals surface area contributed by atoms with Gasteiger partial charge in [-0.15, -0.1) is 0 Å². The van der Waals surface area contributed by atoms with Crippen LogP contribution < -0.4 is 4.74 Å². The zero-order valence-corrected chi connectivity index (χ0v) is 14.1. The Morgan fingerprint density at radius 1 is 0.880 bits per heavy atom. The van der Waals surface area contributed by atoms with Gasteiger partial charge in [-0.1, -0.05) is 72.3 Å². The molecule has 0 unspecified atom stereocenters. The van der Waals surface area contributed by atoms with Gasteiger partial charge in [0.1, 0.15) is 5.75 Å². The van der Waals surface area contributed by atoms with Gasteiger partial charge in [-0.3, -0.25) is 0 Å². The largest absolute Gasteiger partial charge is 0.478 e. The molecule has 1 N–H and O–H groups in total. The van der Waals surface area contributed by atoms with Gasteiger partial charge in [0.2, 0.25) is 0 Å². The summed E-state index contributed by atoms with van der Waals surface area (Å²) in [5.74, 6) is -0.411. The highest BCUT2D eigenvalue weighted by atomic mass is 16.5. The van der Waals surface area contributed by atoms with Crippen molar-refractivity contribution in [3.63, 3.8) is 0 Å². The van der Waals surface area contributed by atoms with Gasteiger partial charge in [0.05, 0.1) is 0 Å². The summed E-state index contributed by atoms with van der Waals surface area (Å²) in [7, 11) is 0. The van der Waals surface area contributed by atoms with Crippen LogP contribution in [0.3, 0.4) is 0 Å². The minimum absolute atomic E-state index is 0.329. The SMILES string of the molecule is Cc1ccc(-c2ccc(O[C@@H](Cc3ccccc3)C(=O)O)cc2)cc1. The van der Waals surface area contributed by atoms with Crippen LogP contribution in [0.15, 0.2) is 78.9 Å². The fourth-order valence-corrected chi connectivity index (χ4v) is 2.64. The maximum Gasteiger partial charge on any atom is 0.345 e. The monoisotopic (exact) mass is 332 g/mol. The quantitative estimate of drug-likeness (QED) is 0.709. The van der Waals surface area contributed by atoms with E-state index in [1.807, 2.05) is 54.6 Å². The molecule has 0 saturated heterocycles. The molecule has 0 aliphatic rings. The van der Waals surface area contributed by atoms with E-state index in [9.17, 15) is 9.90 Å². The van der Waals surface area contributed by atoms with E-state index in [0.29, 0.717) is 12.2 Å². The van der Waals surface area contributed by atoms with Crippen molar-refractivity contribution >= 4 is 5.97 Å². The lowest BCUT2D eigenvalue weighted by molar-refractivity contribution is -0.145. The van der Waals surface area contributed by atoms with Gasteiger partial charge in [-0.05, 0) is 35.7 Å². The Bertz CT molecular complexity index is 821. The summed E-state index contributed by atoms with van der Waals surface area (Å²) in [6, 6.07) is 25.3. The smallest absolute Gasteiger partial charge is 0.345 e. The third-order valence-corrected chi connectivity index (χ3v) is 4.06. The van der Waals surface area contributed by atoms with Gasteiger partial charge in [0.25, 0.3) is 0 Å². The van der Waals surface area contributed by atoms with E-state index >= 15 is 0 Å². The van der Waals surface area contributed by atoms with Crippen molar-refractivity contribution in [2.75, 3.05) is 0 Å². The lowest BCUT2D eigenvalue weighted by Gasteiger charge is -2.15. The maximum absolute atomic E-state index is 11.5. The molecule has 3 aromatic carbocycles. The Hall–Kier alpha value is -3.07. The first-order valence-corrected chi connectivity index (χ1v) is 8.22. The normalized spacial score (nSPS) is 11.7. The first-order chi connectivity index (χ1) is 12.1. The van der Waals surface area contributed by atoms with Gasteiger partial charge in [0.15, 0.2) is 6.10 Å². The van der Waals surface area contributed by atoms with E-state index in [-0.39, 0.29) is 0 Å². The molecule has 0 aliphatic carbocycles. The molecule has 0 aromatic heterocycles. The molecule has 0 radical (unpaired) electrons. The lowest BCUT2D eigenvalue weighted by Crippen LogP contribution is -2.29. The maximum atomic E-state index is 11.5. The lowest BCUT2D eigenvalue weighted by atomic mass is 10.0. The van der Waals surface area contributed by atoms with Crippen LogP contribution in [0.5, 0.6) is 5.75 Å². The number of hydrogen-bond acceptors (Lipinski definition) is 2. The fraction of sp³-hybridized carbons (Fsp3) is 0.136. The molecule has 3 heteroatoms. The summed E-state index contributed by atoms with van der Waals surface area (Å²) in [5.41, 5.74) is 4.35. The van der Waals surface area contributed by atoms with E-state index in [2.05, 4.69) is 31.2 Å². The van der Waals surface area contributed by atoms with Crippen LogP contribution in [0.2, 0.25) is 0 Å². The Balaban J connectivity index is 1.72. The van der Waals surface area contributed by atoms with Gasteiger partial charge in [-0.25, -0.2) is 4.79 Å². The zero-order valence-electron chi connectivity index (χ0n) is 14.1. The molecule has 0 saturated carbocycles. The average Bonchev–Trinajstić information content (AvgIpc) is 2.63. The number of carboxylic acids is 1. The highest BCUT2D eigenvalue weighted by molar-refractivity contribution is 5.73. The predicted molar refractivity (Wildman–Crippen MR) is 98.8 cm³/mol. The average molecular weight is 332 g/mol. The van der Waals surface area contributed by atoms with Crippen LogP contribution in [0, 0.1) is 6.92 Å². The second-order valence-electron chi connectivity index (χ2n) is 6.02. The second-order valence-corrected chi connectivity index (χ2v) is 6.02. The van der Waals surface area contributed by atoms with Crippen molar-refractivity contribution in [3.8, 4) is 16.9 Å². The number of ether oxygens (including phenoxy) is 1. The molecule has 0 aliphatic heterocycles. The van der Waals surface area contributed by atoms with Crippen LogP contribution in [0.4, 0.5) is 0 Å². The molecular formula is C22H20O3. The van der Waals surface area contributed by atoms with E-state index in [0.717, 1.165) is 16.7 Å². The molecule has 126 valence electrons. The third-order valence-electron chi connectivity index (χ3n) is 4.06. The molecule has 3 nitrogen and oxygen atoms in total. The molecule has 3 aromatic rings. The molecule has 1 atom stereocenters. The van der Waals surface area contributed by atoms with Crippen molar-refractivity contribution in [1.29, 1.82) is 0 Å². The van der Waals surface area contributed by atoms with Gasteiger partial charge in [-0.2, -0.15) is 0 Å². The first kappa shape index (κ1) is 16.8. The standard InChI is InChI=1S/C22H20O3/c1-16-7-9-18(10-8-16)19-11-13-20(14-12-19)25-21(22(23)24)15-17-5-3-2-4-6-17/h2-14,21H,15H2,1H3,(H,23,24)/t21-/m0/s1. The van der Waals surface area contributed by atoms with Crippen molar-refractivity contribution in [2.24, 2.45) is 0 Å². The van der Waals surface area contributed by atoms with Crippen molar-refractivity contribution in [2.45, 2.75) is 19.4 Å². The Morgan fingerprint density at radius 3 is 2.00 bits per heavy atom. The molecular weight excluding hydrogens is 312 g/mol. The van der Waals surface area contributed by atoms with E-state index in [4.69, 9.17) is 4.74 Å². The fourth-order valence-electron chi connectivity index (χ4n) is 2.64. The van der Waals surface area contributed by atoms with Gasteiger partial charge in [0, 0.05) is 6.42 Å². The third kappa shape index (κ3) is 4.48. The highest BCUT2D eigenvalue weighted by Gasteiger charge is 2.20. The molecule has 25 heavy (non-hydrogen) atoms. The highest BCUT2D eigenvalue weighted by Crippen LogP contribution is 2.23. The zero-order chi connectivity index (χ0) is 17.6.